The van der Waals surface area contributed by atoms with Crippen LogP contribution < -0.4 is 10.6 Å². The van der Waals surface area contributed by atoms with E-state index < -0.39 is 5.91 Å². The second-order valence-corrected chi connectivity index (χ2v) is 6.45. The molecule has 0 fully saturated rings. The number of benzene rings is 1. The van der Waals surface area contributed by atoms with Crippen molar-refractivity contribution in [1.29, 1.82) is 0 Å². The highest BCUT2D eigenvalue weighted by molar-refractivity contribution is 6.41. The summed E-state index contributed by atoms with van der Waals surface area (Å²) in [6, 6.07) is 6.02. The number of carbonyl (C=O) groups excluding carboxylic acids is 2. The van der Waals surface area contributed by atoms with Crippen LogP contribution in [-0.2, 0) is 0 Å². The van der Waals surface area contributed by atoms with E-state index in [9.17, 15) is 9.59 Å². The highest BCUT2D eigenvalue weighted by Gasteiger charge is 2.14. The van der Waals surface area contributed by atoms with E-state index in [0.717, 1.165) is 0 Å². The Morgan fingerprint density at radius 1 is 1.00 bits per heavy atom. The molecule has 2 N–H and O–H groups in total. The number of aromatic nitrogens is 1. The highest BCUT2D eigenvalue weighted by atomic mass is 35.5. The van der Waals surface area contributed by atoms with Crippen LogP contribution in [0.25, 0.3) is 0 Å². The summed E-state index contributed by atoms with van der Waals surface area (Å²) in [5.74, 6) is -0.724. The first-order chi connectivity index (χ1) is 11.3. The van der Waals surface area contributed by atoms with Gasteiger partial charge in [0.1, 0.15) is 5.15 Å². The lowest BCUT2D eigenvalue weighted by Crippen LogP contribution is -2.30. The number of amides is 2. The Balaban J connectivity index is 2.23. The maximum absolute atomic E-state index is 12.3. The van der Waals surface area contributed by atoms with Crippen LogP contribution in [-0.4, -0.2) is 22.8 Å². The molecule has 2 amide bonds. The molecule has 126 valence electrons. The molecule has 0 saturated carbocycles. The third kappa shape index (κ3) is 4.60. The number of hydrogen-bond donors (Lipinski definition) is 2. The van der Waals surface area contributed by atoms with E-state index >= 15 is 0 Å². The Labute approximate surface area is 154 Å². The van der Waals surface area contributed by atoms with Crippen molar-refractivity contribution < 1.29 is 9.59 Å². The van der Waals surface area contributed by atoms with Gasteiger partial charge in [-0.25, -0.2) is 4.98 Å². The lowest BCUT2D eigenvalue weighted by Gasteiger charge is -2.11. The average molecular weight is 387 g/mol. The monoisotopic (exact) mass is 385 g/mol. The van der Waals surface area contributed by atoms with E-state index in [1.165, 1.54) is 18.3 Å². The topological polar surface area (TPSA) is 71.1 Å². The quantitative estimate of drug-likeness (QED) is 0.763. The molecule has 2 aromatic rings. The van der Waals surface area contributed by atoms with Crippen LogP contribution in [0.3, 0.4) is 0 Å². The fourth-order valence-electron chi connectivity index (χ4n) is 1.85. The number of hydrogen-bond acceptors (Lipinski definition) is 3. The number of nitrogens with one attached hydrogen (secondary N) is 2. The molecule has 0 aliphatic heterocycles. The van der Waals surface area contributed by atoms with Gasteiger partial charge >= 0.3 is 0 Å². The molecule has 0 radical (unpaired) electrons. The molecular weight excluding hydrogens is 373 g/mol. The molecule has 8 heteroatoms. The fraction of sp³-hybridized carbons (Fsp3) is 0.188. The first kappa shape index (κ1) is 18.5. The predicted octanol–water partition coefficient (Wildman–Crippen LogP) is 4.43. The maximum Gasteiger partial charge on any atom is 0.257 e. The molecule has 0 atom stereocenters. The number of halogens is 3. The van der Waals surface area contributed by atoms with Crippen molar-refractivity contribution in [2.24, 2.45) is 0 Å². The summed E-state index contributed by atoms with van der Waals surface area (Å²) < 4.78 is 0. The highest BCUT2D eigenvalue weighted by Crippen LogP contribution is 2.25. The summed E-state index contributed by atoms with van der Waals surface area (Å²) in [6.07, 6.45) is 1.30. The third-order valence-corrected chi connectivity index (χ3v) is 3.97. The molecule has 0 aliphatic carbocycles. The summed E-state index contributed by atoms with van der Waals surface area (Å²) in [5.41, 5.74) is 0.914. The molecule has 1 aromatic heterocycles. The normalized spacial score (nSPS) is 10.6. The van der Waals surface area contributed by atoms with Crippen molar-refractivity contribution >= 4 is 52.3 Å². The fourth-order valence-corrected chi connectivity index (χ4v) is 2.28. The van der Waals surface area contributed by atoms with Gasteiger partial charge in [0.25, 0.3) is 11.8 Å². The smallest absolute Gasteiger partial charge is 0.257 e. The number of carbonyl (C=O) groups is 2. The largest absolute Gasteiger partial charge is 0.350 e. The van der Waals surface area contributed by atoms with Crippen LogP contribution in [0.1, 0.15) is 34.6 Å². The van der Waals surface area contributed by atoms with Gasteiger partial charge in [-0.3, -0.25) is 9.59 Å². The molecular formula is C16H14Cl3N3O2. The molecule has 24 heavy (non-hydrogen) atoms. The molecule has 0 unspecified atom stereocenters. The van der Waals surface area contributed by atoms with Crippen LogP contribution in [0.5, 0.6) is 0 Å². The minimum atomic E-state index is -0.468. The third-order valence-electron chi connectivity index (χ3n) is 2.95. The van der Waals surface area contributed by atoms with Crippen LogP contribution in [0.2, 0.25) is 15.2 Å². The van der Waals surface area contributed by atoms with Gasteiger partial charge in [-0.05, 0) is 38.1 Å². The number of pyridine rings is 1. The summed E-state index contributed by atoms with van der Waals surface area (Å²) in [6.45, 7) is 3.71. The van der Waals surface area contributed by atoms with Crippen LogP contribution in [0, 0.1) is 0 Å². The molecule has 0 saturated heterocycles. The van der Waals surface area contributed by atoms with Gasteiger partial charge < -0.3 is 10.6 Å². The van der Waals surface area contributed by atoms with Gasteiger partial charge in [-0.1, -0.05) is 34.8 Å². The Morgan fingerprint density at radius 2 is 1.71 bits per heavy atom. The minimum Gasteiger partial charge on any atom is -0.350 e. The van der Waals surface area contributed by atoms with Gasteiger partial charge in [0, 0.05) is 17.8 Å². The summed E-state index contributed by atoms with van der Waals surface area (Å²) in [4.78, 5) is 28.1. The van der Waals surface area contributed by atoms with E-state index in [1.807, 2.05) is 13.8 Å². The molecule has 2 rings (SSSR count). The maximum atomic E-state index is 12.3. The molecule has 1 aromatic carbocycles. The van der Waals surface area contributed by atoms with E-state index in [-0.39, 0.29) is 27.7 Å². The molecule has 0 bridgehead atoms. The lowest BCUT2D eigenvalue weighted by atomic mass is 10.1. The number of anilines is 1. The van der Waals surface area contributed by atoms with Gasteiger partial charge in [-0.2, -0.15) is 0 Å². The van der Waals surface area contributed by atoms with Gasteiger partial charge in [0.2, 0.25) is 0 Å². The molecule has 5 nitrogen and oxygen atoms in total. The predicted molar refractivity (Wildman–Crippen MR) is 96.3 cm³/mol. The average Bonchev–Trinajstić information content (AvgIpc) is 2.51. The van der Waals surface area contributed by atoms with Gasteiger partial charge in [-0.15, -0.1) is 0 Å². The van der Waals surface area contributed by atoms with Crippen LogP contribution in [0.15, 0.2) is 30.5 Å². The Kier molecular flexibility index (Phi) is 6.04. The zero-order chi connectivity index (χ0) is 17.9. The number of nitrogens with zero attached hydrogens (tertiary/aromatic N) is 1. The SMILES string of the molecule is CC(C)NC(=O)c1ccc(Cl)c(NC(=O)c2cnc(Cl)c(Cl)c2)c1. The Morgan fingerprint density at radius 3 is 2.33 bits per heavy atom. The van der Waals surface area contributed by atoms with Crippen molar-refractivity contribution in [3.05, 3.63) is 56.8 Å². The summed E-state index contributed by atoms with van der Waals surface area (Å²) >= 11 is 17.7. The second kappa shape index (κ2) is 7.83. The molecule has 1 heterocycles. The van der Waals surface area contributed by atoms with Crippen molar-refractivity contribution in [3.63, 3.8) is 0 Å². The van der Waals surface area contributed by atoms with Crippen molar-refractivity contribution in [2.45, 2.75) is 19.9 Å². The van der Waals surface area contributed by atoms with Crippen LogP contribution >= 0.6 is 34.8 Å². The van der Waals surface area contributed by atoms with Gasteiger partial charge in [0.05, 0.1) is 21.3 Å². The molecule has 0 aliphatic rings. The van der Waals surface area contributed by atoms with E-state index in [2.05, 4.69) is 15.6 Å². The summed E-state index contributed by atoms with van der Waals surface area (Å²) in [5, 5.41) is 5.98. The number of rotatable bonds is 4. The van der Waals surface area contributed by atoms with Crippen molar-refractivity contribution in [1.82, 2.24) is 10.3 Å². The summed E-state index contributed by atoms with van der Waals surface area (Å²) in [7, 11) is 0. The Hall–Kier alpha value is -1.82. The van der Waals surface area contributed by atoms with E-state index in [4.69, 9.17) is 34.8 Å². The first-order valence-electron chi connectivity index (χ1n) is 7.00. The van der Waals surface area contributed by atoms with Crippen LogP contribution in [0.4, 0.5) is 5.69 Å². The van der Waals surface area contributed by atoms with E-state index in [0.29, 0.717) is 16.3 Å². The van der Waals surface area contributed by atoms with Crippen molar-refractivity contribution in [2.75, 3.05) is 5.32 Å². The second-order valence-electron chi connectivity index (χ2n) is 5.27. The zero-order valence-corrected chi connectivity index (χ0v) is 15.1. The van der Waals surface area contributed by atoms with E-state index in [1.54, 1.807) is 12.1 Å². The first-order valence-corrected chi connectivity index (χ1v) is 8.14. The molecule has 0 spiro atoms. The lowest BCUT2D eigenvalue weighted by molar-refractivity contribution is 0.0942. The zero-order valence-electron chi connectivity index (χ0n) is 12.9. The van der Waals surface area contributed by atoms with Crippen molar-refractivity contribution in [3.8, 4) is 0 Å². The Bertz CT molecular complexity index is 794. The van der Waals surface area contributed by atoms with Gasteiger partial charge in [0.15, 0.2) is 0 Å². The minimum absolute atomic E-state index is 0.00602. The standard InChI is InChI=1S/C16H14Cl3N3O2/c1-8(2)21-15(23)9-3-4-11(17)13(6-9)22-16(24)10-5-12(18)14(19)20-7-10/h3-8H,1-2H3,(H,21,23)(H,22,24).